The number of carbonyl (C=O) groups is 1. The van der Waals surface area contributed by atoms with Crippen molar-refractivity contribution in [2.75, 3.05) is 0 Å². The molecule has 2 rings (SSSR count). The molecule has 0 aliphatic rings. The summed E-state index contributed by atoms with van der Waals surface area (Å²) < 4.78 is 13.3. The van der Waals surface area contributed by atoms with E-state index in [0.29, 0.717) is 19.7 Å². The van der Waals surface area contributed by atoms with E-state index in [1.165, 1.54) is 36.5 Å². The monoisotopic (exact) mass is 432 g/mol. The van der Waals surface area contributed by atoms with E-state index in [1.54, 1.807) is 6.07 Å². The lowest BCUT2D eigenvalue weighted by Gasteiger charge is -2.03. The van der Waals surface area contributed by atoms with Crippen LogP contribution in [0.1, 0.15) is 11.1 Å². The van der Waals surface area contributed by atoms with Crippen LogP contribution in [-0.2, 0) is 11.2 Å². The molecule has 2 aromatic carbocycles. The van der Waals surface area contributed by atoms with Crippen LogP contribution < -0.4 is 5.43 Å². The number of phenols is 1. The Bertz CT molecular complexity index is 720. The summed E-state index contributed by atoms with van der Waals surface area (Å²) in [6, 6.07) is 8.79. The maximum absolute atomic E-state index is 12.8. The summed E-state index contributed by atoms with van der Waals surface area (Å²) in [5.74, 6) is -0.659. The molecule has 0 aromatic heterocycles. The van der Waals surface area contributed by atoms with Crippen LogP contribution in [0.25, 0.3) is 0 Å². The molecular formula is C15H11ClFIN2O2. The van der Waals surface area contributed by atoms with Crippen molar-refractivity contribution in [2.45, 2.75) is 6.42 Å². The molecule has 2 aromatic rings. The van der Waals surface area contributed by atoms with Gasteiger partial charge in [0.25, 0.3) is 0 Å². The number of hydrazone groups is 1. The van der Waals surface area contributed by atoms with E-state index in [9.17, 15) is 14.3 Å². The predicted octanol–water partition coefficient (Wildman–Crippen LogP) is 3.48. The van der Waals surface area contributed by atoms with Crippen LogP contribution in [-0.4, -0.2) is 17.2 Å². The van der Waals surface area contributed by atoms with Crippen LogP contribution >= 0.6 is 34.2 Å². The Hall–Kier alpha value is -1.67. The third-order valence-corrected chi connectivity index (χ3v) is 3.77. The van der Waals surface area contributed by atoms with Crippen LogP contribution in [0.2, 0.25) is 5.02 Å². The fourth-order valence-electron chi connectivity index (χ4n) is 1.69. The number of hydrogen-bond acceptors (Lipinski definition) is 3. The van der Waals surface area contributed by atoms with Gasteiger partial charge in [0.05, 0.1) is 16.2 Å². The first-order chi connectivity index (χ1) is 10.5. The molecule has 0 spiro atoms. The van der Waals surface area contributed by atoms with E-state index in [-0.39, 0.29) is 23.9 Å². The summed E-state index contributed by atoms with van der Waals surface area (Å²) in [5, 5.41) is 14.1. The number of carbonyl (C=O) groups excluding carboxylic acids is 1. The Morgan fingerprint density at radius 1 is 1.36 bits per heavy atom. The Kier molecular flexibility index (Phi) is 5.73. The van der Waals surface area contributed by atoms with Crippen LogP contribution in [0.3, 0.4) is 0 Å². The topological polar surface area (TPSA) is 61.7 Å². The fourth-order valence-corrected chi connectivity index (χ4v) is 2.74. The third-order valence-electron chi connectivity index (χ3n) is 2.73. The molecule has 1 amide bonds. The van der Waals surface area contributed by atoms with Crippen molar-refractivity contribution in [1.82, 2.24) is 5.43 Å². The minimum Gasteiger partial charge on any atom is -0.506 e. The second kappa shape index (κ2) is 7.55. The first-order valence-corrected chi connectivity index (χ1v) is 7.66. The van der Waals surface area contributed by atoms with Crippen molar-refractivity contribution in [2.24, 2.45) is 5.10 Å². The maximum Gasteiger partial charge on any atom is 0.244 e. The molecule has 0 radical (unpaired) electrons. The van der Waals surface area contributed by atoms with E-state index in [0.717, 1.165) is 0 Å². The van der Waals surface area contributed by atoms with Crippen molar-refractivity contribution in [3.8, 4) is 5.75 Å². The zero-order valence-corrected chi connectivity index (χ0v) is 14.1. The molecule has 0 unspecified atom stereocenters. The molecule has 0 atom stereocenters. The Morgan fingerprint density at radius 3 is 2.73 bits per heavy atom. The van der Waals surface area contributed by atoms with Gasteiger partial charge in [-0.05, 0) is 52.4 Å². The second-order valence-electron chi connectivity index (χ2n) is 4.42. The summed E-state index contributed by atoms with van der Waals surface area (Å²) in [7, 11) is 0. The second-order valence-corrected chi connectivity index (χ2v) is 6.02. The number of aromatic hydroxyl groups is 1. The molecular weight excluding hydrogens is 422 g/mol. The number of halogens is 3. The highest BCUT2D eigenvalue weighted by atomic mass is 127. The highest BCUT2D eigenvalue weighted by Crippen LogP contribution is 2.27. The normalized spacial score (nSPS) is 10.9. The van der Waals surface area contributed by atoms with Crippen molar-refractivity contribution < 1.29 is 14.3 Å². The van der Waals surface area contributed by atoms with Crippen molar-refractivity contribution in [3.63, 3.8) is 0 Å². The first kappa shape index (κ1) is 16.7. The third kappa shape index (κ3) is 4.67. The number of amides is 1. The molecule has 2 N–H and O–H groups in total. The molecule has 0 fully saturated rings. The summed E-state index contributed by atoms with van der Waals surface area (Å²) >= 11 is 7.83. The molecule has 22 heavy (non-hydrogen) atoms. The van der Waals surface area contributed by atoms with Gasteiger partial charge < -0.3 is 5.11 Å². The number of nitrogens with one attached hydrogen (secondary N) is 1. The summed E-state index contributed by atoms with van der Waals surface area (Å²) in [6.07, 6.45) is 1.39. The van der Waals surface area contributed by atoms with E-state index in [2.05, 4.69) is 10.5 Å². The van der Waals surface area contributed by atoms with E-state index >= 15 is 0 Å². The molecule has 114 valence electrons. The smallest absolute Gasteiger partial charge is 0.244 e. The number of rotatable bonds is 4. The molecule has 7 heteroatoms. The molecule has 4 nitrogen and oxygen atoms in total. The maximum atomic E-state index is 12.8. The largest absolute Gasteiger partial charge is 0.506 e. The van der Waals surface area contributed by atoms with Gasteiger partial charge in [0.15, 0.2) is 0 Å². The number of phenolic OH excluding ortho intramolecular Hbond substituents is 1. The first-order valence-electron chi connectivity index (χ1n) is 6.20. The predicted molar refractivity (Wildman–Crippen MR) is 91.7 cm³/mol. The number of hydrogen-bond donors (Lipinski definition) is 2. The van der Waals surface area contributed by atoms with Crippen LogP contribution in [0.4, 0.5) is 4.39 Å². The quantitative estimate of drug-likeness (QED) is 0.441. The summed E-state index contributed by atoms with van der Waals surface area (Å²) in [6.45, 7) is 0. The van der Waals surface area contributed by atoms with Crippen LogP contribution in [0, 0.1) is 9.39 Å². The molecule has 0 bridgehead atoms. The lowest BCUT2D eigenvalue weighted by molar-refractivity contribution is -0.120. The van der Waals surface area contributed by atoms with Gasteiger partial charge in [-0.2, -0.15) is 5.10 Å². The van der Waals surface area contributed by atoms with Crippen molar-refractivity contribution in [1.29, 1.82) is 0 Å². The molecule has 0 heterocycles. The summed E-state index contributed by atoms with van der Waals surface area (Å²) in [4.78, 5) is 11.7. The Morgan fingerprint density at radius 2 is 2.05 bits per heavy atom. The van der Waals surface area contributed by atoms with Gasteiger partial charge in [-0.1, -0.05) is 23.7 Å². The van der Waals surface area contributed by atoms with Crippen molar-refractivity contribution in [3.05, 3.63) is 61.9 Å². The van der Waals surface area contributed by atoms with Gasteiger partial charge in [-0.25, -0.2) is 9.82 Å². The molecule has 0 saturated carbocycles. The summed E-state index contributed by atoms with van der Waals surface area (Å²) in [5.41, 5.74) is 3.42. The number of benzene rings is 2. The van der Waals surface area contributed by atoms with Gasteiger partial charge in [0.2, 0.25) is 5.91 Å². The Balaban J connectivity index is 1.97. The van der Waals surface area contributed by atoms with Gasteiger partial charge >= 0.3 is 0 Å². The van der Waals surface area contributed by atoms with E-state index in [4.69, 9.17) is 11.6 Å². The van der Waals surface area contributed by atoms with Gasteiger partial charge in [-0.3, -0.25) is 4.79 Å². The highest BCUT2D eigenvalue weighted by molar-refractivity contribution is 14.1. The van der Waals surface area contributed by atoms with Gasteiger partial charge in [-0.15, -0.1) is 0 Å². The lowest BCUT2D eigenvalue weighted by Crippen LogP contribution is -2.19. The minimum absolute atomic E-state index is 0.0431. The molecule has 0 saturated heterocycles. The van der Waals surface area contributed by atoms with Gasteiger partial charge in [0.1, 0.15) is 11.6 Å². The average Bonchev–Trinajstić information content (AvgIpc) is 2.46. The Labute approximate surface area is 145 Å². The molecule has 0 aliphatic carbocycles. The fraction of sp³-hybridized carbons (Fsp3) is 0.0667. The highest BCUT2D eigenvalue weighted by Gasteiger charge is 2.06. The zero-order valence-electron chi connectivity index (χ0n) is 11.2. The zero-order chi connectivity index (χ0) is 16.1. The average molecular weight is 433 g/mol. The van der Waals surface area contributed by atoms with Crippen molar-refractivity contribution >= 4 is 46.3 Å². The SMILES string of the molecule is O=C(Cc1ccc(F)cc1)N/N=C/c1cc(Cl)cc(I)c1O. The number of nitrogens with zero attached hydrogens (tertiary/aromatic N) is 1. The van der Waals surface area contributed by atoms with E-state index < -0.39 is 0 Å². The molecule has 0 aliphatic heterocycles. The van der Waals surface area contributed by atoms with Gasteiger partial charge in [0, 0.05) is 10.6 Å². The van der Waals surface area contributed by atoms with Crippen LogP contribution in [0.15, 0.2) is 41.5 Å². The lowest BCUT2D eigenvalue weighted by atomic mass is 10.1. The van der Waals surface area contributed by atoms with Crippen LogP contribution in [0.5, 0.6) is 5.75 Å². The standard InChI is InChI=1S/C15H11ClFIN2O2/c16-11-6-10(15(22)13(18)7-11)8-19-20-14(21)5-9-1-3-12(17)4-2-9/h1-4,6-8,22H,5H2,(H,20,21)/b19-8+. The minimum atomic E-state index is -0.354. The van der Waals surface area contributed by atoms with E-state index in [1.807, 2.05) is 22.6 Å².